The highest BCUT2D eigenvalue weighted by Crippen LogP contribution is 2.38. The molecule has 10 heteroatoms. The summed E-state index contributed by atoms with van der Waals surface area (Å²) in [5, 5.41) is 4.14. The Kier molecular flexibility index (Phi) is 5.87. The van der Waals surface area contributed by atoms with E-state index in [4.69, 9.17) is 25.8 Å². The molecule has 0 spiro atoms. The molecule has 0 bridgehead atoms. The Bertz CT molecular complexity index is 1540. The molecule has 1 N–H and O–H groups in total. The van der Waals surface area contributed by atoms with Gasteiger partial charge in [-0.3, -0.25) is 15.1 Å². The summed E-state index contributed by atoms with van der Waals surface area (Å²) in [6.45, 7) is 0. The van der Waals surface area contributed by atoms with E-state index in [-0.39, 0.29) is 16.6 Å². The van der Waals surface area contributed by atoms with Crippen LogP contribution in [0.1, 0.15) is 10.4 Å². The van der Waals surface area contributed by atoms with Gasteiger partial charge in [0.1, 0.15) is 16.7 Å². The number of halogens is 1. The van der Waals surface area contributed by atoms with Gasteiger partial charge in [0.05, 0.1) is 35.5 Å². The van der Waals surface area contributed by atoms with Crippen molar-refractivity contribution in [1.82, 2.24) is 15.0 Å². The number of benzene rings is 2. The molecule has 8 nitrogen and oxygen atoms in total. The molecule has 2 aromatic carbocycles. The number of nitrogens with zero attached hydrogens (tertiary/aromatic N) is 3. The lowest BCUT2D eigenvalue weighted by Crippen LogP contribution is -2.12. The number of hydrogen-bond donors (Lipinski definition) is 1. The quantitative estimate of drug-likeness (QED) is 0.292. The average Bonchev–Trinajstić information content (AvgIpc) is 3.25. The van der Waals surface area contributed by atoms with E-state index in [0.29, 0.717) is 33.6 Å². The monoisotopic (exact) mass is 492 g/mol. The summed E-state index contributed by atoms with van der Waals surface area (Å²) in [5.41, 5.74) is 1.73. The number of methoxy groups -OCH3 is 2. The fourth-order valence-electron chi connectivity index (χ4n) is 3.41. The fraction of sp³-hybridized carbons (Fsp3) is 0.0833. The molecule has 1 amide bonds. The maximum Gasteiger partial charge on any atom is 0.260 e. The molecule has 0 saturated heterocycles. The Morgan fingerprint density at radius 2 is 1.76 bits per heavy atom. The van der Waals surface area contributed by atoms with E-state index >= 15 is 0 Å². The molecule has 0 atom stereocenters. The minimum atomic E-state index is -0.374. The lowest BCUT2D eigenvalue weighted by Gasteiger charge is -2.12. The van der Waals surface area contributed by atoms with Crippen LogP contribution in [0.2, 0.25) is 5.15 Å². The molecule has 0 unspecified atom stereocenters. The van der Waals surface area contributed by atoms with Crippen molar-refractivity contribution in [2.24, 2.45) is 0 Å². The minimum absolute atomic E-state index is 0.135. The first kappa shape index (κ1) is 21.9. The largest absolute Gasteiger partial charge is 0.493 e. The van der Waals surface area contributed by atoms with Gasteiger partial charge in [0, 0.05) is 29.9 Å². The zero-order valence-electron chi connectivity index (χ0n) is 18.0. The van der Waals surface area contributed by atoms with Crippen LogP contribution in [0, 0.1) is 0 Å². The number of amides is 1. The van der Waals surface area contributed by atoms with Crippen LogP contribution in [-0.2, 0) is 0 Å². The lowest BCUT2D eigenvalue weighted by atomic mass is 10.2. The average molecular weight is 493 g/mol. The van der Waals surface area contributed by atoms with Crippen LogP contribution in [0.5, 0.6) is 23.0 Å². The standard InChI is InChI=1S/C24H17ClN4O4S/c1-31-19-11-15-17(12-20(19)32-2)26-9-7-18(15)33-13-5-6-16-21(10-13)34-24(28-16)29-23(30)14-4-3-8-27-22(14)25/h3-12H,1-2H3,(H,28,29,30). The maximum atomic E-state index is 12.5. The fourth-order valence-corrected chi connectivity index (χ4v) is 4.50. The van der Waals surface area contributed by atoms with Crippen molar-refractivity contribution in [1.29, 1.82) is 0 Å². The summed E-state index contributed by atoms with van der Waals surface area (Å²) in [7, 11) is 3.16. The number of ether oxygens (including phenoxy) is 3. The summed E-state index contributed by atoms with van der Waals surface area (Å²) < 4.78 is 17.8. The van der Waals surface area contributed by atoms with Gasteiger partial charge in [0.25, 0.3) is 5.91 Å². The number of carbonyl (C=O) groups excluding carboxylic acids is 1. The zero-order chi connectivity index (χ0) is 23.7. The smallest absolute Gasteiger partial charge is 0.260 e. The van der Waals surface area contributed by atoms with Gasteiger partial charge in [-0.25, -0.2) is 9.97 Å². The first-order valence-corrected chi connectivity index (χ1v) is 11.3. The summed E-state index contributed by atoms with van der Waals surface area (Å²) in [6.07, 6.45) is 3.20. The van der Waals surface area contributed by atoms with Gasteiger partial charge < -0.3 is 14.2 Å². The predicted octanol–water partition coefficient (Wildman–Crippen LogP) is 5.95. The van der Waals surface area contributed by atoms with Gasteiger partial charge in [0.15, 0.2) is 16.6 Å². The van der Waals surface area contributed by atoms with E-state index in [1.807, 2.05) is 24.3 Å². The second-order valence-electron chi connectivity index (χ2n) is 7.08. The lowest BCUT2D eigenvalue weighted by molar-refractivity contribution is 0.102. The van der Waals surface area contributed by atoms with Crippen LogP contribution in [0.3, 0.4) is 0 Å². The van der Waals surface area contributed by atoms with E-state index < -0.39 is 0 Å². The number of rotatable bonds is 6. The molecule has 3 heterocycles. The number of nitrogens with one attached hydrogen (secondary N) is 1. The third-order valence-electron chi connectivity index (χ3n) is 5.02. The Morgan fingerprint density at radius 1 is 0.941 bits per heavy atom. The summed E-state index contributed by atoms with van der Waals surface area (Å²) >= 11 is 7.34. The van der Waals surface area contributed by atoms with Gasteiger partial charge >= 0.3 is 0 Å². The van der Waals surface area contributed by atoms with E-state index in [0.717, 1.165) is 15.6 Å². The van der Waals surface area contributed by atoms with E-state index in [2.05, 4.69) is 20.3 Å². The first-order chi connectivity index (χ1) is 16.6. The Hall–Kier alpha value is -3.95. The number of pyridine rings is 2. The van der Waals surface area contributed by atoms with Crippen LogP contribution in [-0.4, -0.2) is 35.1 Å². The van der Waals surface area contributed by atoms with Crippen molar-refractivity contribution in [2.75, 3.05) is 19.5 Å². The highest BCUT2D eigenvalue weighted by molar-refractivity contribution is 7.22. The molecule has 34 heavy (non-hydrogen) atoms. The third-order valence-corrected chi connectivity index (χ3v) is 6.25. The van der Waals surface area contributed by atoms with Crippen LogP contribution >= 0.6 is 22.9 Å². The normalized spacial score (nSPS) is 10.9. The molecule has 0 saturated carbocycles. The summed E-state index contributed by atoms with van der Waals surface area (Å²) in [5.74, 6) is 2.04. The van der Waals surface area contributed by atoms with E-state index in [1.54, 1.807) is 44.7 Å². The molecule has 0 aliphatic rings. The molecule has 0 aliphatic heterocycles. The predicted molar refractivity (Wildman–Crippen MR) is 132 cm³/mol. The van der Waals surface area contributed by atoms with Crippen LogP contribution in [0.4, 0.5) is 5.13 Å². The van der Waals surface area contributed by atoms with Crippen molar-refractivity contribution in [2.45, 2.75) is 0 Å². The Morgan fingerprint density at radius 3 is 2.56 bits per heavy atom. The van der Waals surface area contributed by atoms with Crippen molar-refractivity contribution >= 4 is 55.1 Å². The molecular formula is C24H17ClN4O4S. The molecule has 0 radical (unpaired) electrons. The Balaban J connectivity index is 1.43. The number of anilines is 1. The first-order valence-electron chi connectivity index (χ1n) is 10.1. The van der Waals surface area contributed by atoms with E-state index in [1.165, 1.54) is 17.5 Å². The molecular weight excluding hydrogens is 476 g/mol. The van der Waals surface area contributed by atoms with E-state index in [9.17, 15) is 4.79 Å². The molecule has 170 valence electrons. The van der Waals surface area contributed by atoms with Crippen molar-refractivity contribution in [3.8, 4) is 23.0 Å². The van der Waals surface area contributed by atoms with Crippen molar-refractivity contribution in [3.05, 3.63) is 71.6 Å². The summed E-state index contributed by atoms with van der Waals surface area (Å²) in [6, 6.07) is 14.2. The zero-order valence-corrected chi connectivity index (χ0v) is 19.6. The van der Waals surface area contributed by atoms with Gasteiger partial charge in [-0.05, 0) is 36.4 Å². The second-order valence-corrected chi connectivity index (χ2v) is 8.47. The van der Waals surface area contributed by atoms with Crippen LogP contribution in [0.15, 0.2) is 60.9 Å². The highest BCUT2D eigenvalue weighted by atomic mass is 35.5. The number of hydrogen-bond acceptors (Lipinski definition) is 8. The van der Waals surface area contributed by atoms with Crippen LogP contribution < -0.4 is 19.5 Å². The number of carbonyl (C=O) groups is 1. The van der Waals surface area contributed by atoms with Gasteiger partial charge in [-0.2, -0.15) is 0 Å². The summed E-state index contributed by atoms with van der Waals surface area (Å²) in [4.78, 5) is 25.3. The van der Waals surface area contributed by atoms with Crippen molar-refractivity contribution in [3.63, 3.8) is 0 Å². The highest BCUT2D eigenvalue weighted by Gasteiger charge is 2.15. The topological polar surface area (TPSA) is 95.5 Å². The molecule has 0 aliphatic carbocycles. The molecule has 0 fully saturated rings. The number of fused-ring (bicyclic) bond motifs is 2. The second kappa shape index (κ2) is 9.12. The van der Waals surface area contributed by atoms with Gasteiger partial charge in [0.2, 0.25) is 0 Å². The molecule has 5 aromatic rings. The third kappa shape index (κ3) is 4.18. The molecule has 5 rings (SSSR count). The van der Waals surface area contributed by atoms with Gasteiger partial charge in [-0.15, -0.1) is 0 Å². The minimum Gasteiger partial charge on any atom is -0.493 e. The SMILES string of the molecule is COc1cc2nccc(Oc3ccc4nc(NC(=O)c5cccnc5Cl)sc4c3)c2cc1OC. The number of aromatic nitrogens is 3. The number of thiazole rings is 1. The van der Waals surface area contributed by atoms with Crippen LogP contribution in [0.25, 0.3) is 21.1 Å². The van der Waals surface area contributed by atoms with Gasteiger partial charge in [-0.1, -0.05) is 22.9 Å². The van der Waals surface area contributed by atoms with Crippen molar-refractivity contribution < 1.29 is 19.0 Å². The maximum absolute atomic E-state index is 12.5. The molecule has 3 aromatic heterocycles. The Labute approximate surface area is 203 Å².